The number of hydrogen-bond acceptors (Lipinski definition) is 5. The molecule has 72 valence electrons. The van der Waals surface area contributed by atoms with Gasteiger partial charge in [-0.1, -0.05) is 5.16 Å². The number of hydrogen-bond donors (Lipinski definition) is 1. The third-order valence-electron chi connectivity index (χ3n) is 1.24. The molecular formula is C6H7NO5S. The zero-order chi connectivity index (χ0) is 10.1. The second kappa shape index (κ2) is 3.17. The summed E-state index contributed by atoms with van der Waals surface area (Å²) < 4.78 is 26.1. The van der Waals surface area contributed by atoms with Gasteiger partial charge in [0, 0.05) is 12.3 Å². The van der Waals surface area contributed by atoms with Crippen molar-refractivity contribution in [3.05, 3.63) is 11.8 Å². The van der Waals surface area contributed by atoms with Crippen LogP contribution in [0.15, 0.2) is 15.7 Å². The van der Waals surface area contributed by atoms with Crippen molar-refractivity contribution in [2.45, 2.75) is 11.5 Å². The topological polar surface area (TPSA) is 97.5 Å². The van der Waals surface area contributed by atoms with Gasteiger partial charge in [-0.05, 0) is 0 Å². The first-order valence-electron chi connectivity index (χ1n) is 3.27. The van der Waals surface area contributed by atoms with Gasteiger partial charge in [-0.15, -0.1) is 0 Å². The van der Waals surface area contributed by atoms with E-state index in [0.29, 0.717) is 0 Å². The molecule has 1 N–H and O–H groups in total. The molecule has 7 heteroatoms. The van der Waals surface area contributed by atoms with E-state index in [4.69, 9.17) is 5.11 Å². The van der Waals surface area contributed by atoms with Gasteiger partial charge in [0.15, 0.2) is 0 Å². The molecule has 0 unspecified atom stereocenters. The van der Waals surface area contributed by atoms with Crippen molar-refractivity contribution in [1.82, 2.24) is 5.16 Å². The summed E-state index contributed by atoms with van der Waals surface area (Å²) in [5.41, 5.74) is 0.0907. The van der Waals surface area contributed by atoms with E-state index in [9.17, 15) is 13.2 Å². The van der Waals surface area contributed by atoms with Crippen LogP contribution in [0.3, 0.4) is 0 Å². The van der Waals surface area contributed by atoms with Gasteiger partial charge < -0.3 is 9.63 Å². The van der Waals surface area contributed by atoms with Crippen molar-refractivity contribution in [1.29, 1.82) is 0 Å². The van der Waals surface area contributed by atoms with Gasteiger partial charge in [0.25, 0.3) is 5.09 Å². The quantitative estimate of drug-likeness (QED) is 0.727. The second-order valence-corrected chi connectivity index (χ2v) is 4.43. The minimum Gasteiger partial charge on any atom is -0.481 e. The lowest BCUT2D eigenvalue weighted by atomic mass is 10.3. The number of carbonyl (C=O) groups is 1. The van der Waals surface area contributed by atoms with Crippen molar-refractivity contribution >= 4 is 15.8 Å². The summed E-state index contributed by atoms with van der Waals surface area (Å²) in [6, 6.07) is 1.10. The van der Waals surface area contributed by atoms with Crippen molar-refractivity contribution in [3.8, 4) is 0 Å². The SMILES string of the molecule is CS(=O)(=O)c1cc(CC(=O)O)no1. The molecule has 0 atom stereocenters. The Morgan fingerprint density at radius 1 is 1.69 bits per heavy atom. The number of sulfone groups is 1. The Bertz CT molecular complexity index is 418. The molecule has 0 aliphatic heterocycles. The highest BCUT2D eigenvalue weighted by Gasteiger charge is 2.15. The van der Waals surface area contributed by atoms with Gasteiger partial charge in [-0.3, -0.25) is 4.79 Å². The lowest BCUT2D eigenvalue weighted by molar-refractivity contribution is -0.136. The van der Waals surface area contributed by atoms with Crippen molar-refractivity contribution in [2.24, 2.45) is 0 Å². The molecule has 0 saturated heterocycles. The van der Waals surface area contributed by atoms with Gasteiger partial charge in [-0.25, -0.2) is 8.42 Å². The van der Waals surface area contributed by atoms with E-state index in [1.807, 2.05) is 0 Å². The van der Waals surface area contributed by atoms with Gasteiger partial charge >= 0.3 is 5.97 Å². The lowest BCUT2D eigenvalue weighted by Gasteiger charge is -1.85. The Kier molecular flexibility index (Phi) is 2.37. The molecule has 0 radical (unpaired) electrons. The van der Waals surface area contributed by atoms with E-state index in [1.165, 1.54) is 0 Å². The summed E-state index contributed by atoms with van der Waals surface area (Å²) in [6.07, 6.45) is 0.608. The number of aliphatic carboxylic acids is 1. The molecule has 0 aromatic carbocycles. The van der Waals surface area contributed by atoms with Crippen LogP contribution in [0.4, 0.5) is 0 Å². The standard InChI is InChI=1S/C6H7NO5S/c1-13(10,11)6-3-4(7-12-6)2-5(8)9/h3H,2H2,1H3,(H,8,9). The van der Waals surface area contributed by atoms with Crippen LogP contribution in [0.5, 0.6) is 0 Å². The smallest absolute Gasteiger partial charge is 0.309 e. The summed E-state index contributed by atoms with van der Waals surface area (Å²) in [5, 5.41) is 11.3. The summed E-state index contributed by atoms with van der Waals surface area (Å²) >= 11 is 0. The molecule has 0 spiro atoms. The number of carboxylic acids is 1. The monoisotopic (exact) mass is 205 g/mol. The molecule has 0 aliphatic rings. The predicted molar refractivity (Wildman–Crippen MR) is 41.0 cm³/mol. The number of aromatic nitrogens is 1. The molecule has 1 rings (SSSR count). The first-order valence-corrected chi connectivity index (χ1v) is 5.16. The van der Waals surface area contributed by atoms with Crippen LogP contribution >= 0.6 is 0 Å². The van der Waals surface area contributed by atoms with E-state index >= 15 is 0 Å². The summed E-state index contributed by atoms with van der Waals surface area (Å²) in [7, 11) is -3.44. The van der Waals surface area contributed by atoms with Crippen molar-refractivity contribution < 1.29 is 22.8 Å². The fraction of sp³-hybridized carbons (Fsp3) is 0.333. The number of rotatable bonds is 3. The molecule has 1 aromatic rings. The predicted octanol–water partition coefficient (Wildman–Crippen LogP) is -0.295. The molecular weight excluding hydrogens is 198 g/mol. The van der Waals surface area contributed by atoms with E-state index in [2.05, 4.69) is 9.68 Å². The van der Waals surface area contributed by atoms with Crippen LogP contribution in [0.1, 0.15) is 5.69 Å². The van der Waals surface area contributed by atoms with Gasteiger partial charge in [0.05, 0.1) is 12.1 Å². The maximum Gasteiger partial charge on any atom is 0.309 e. The van der Waals surface area contributed by atoms with Gasteiger partial charge in [-0.2, -0.15) is 0 Å². The summed E-state index contributed by atoms with van der Waals surface area (Å²) in [4.78, 5) is 10.2. The normalized spacial score (nSPS) is 11.5. The van der Waals surface area contributed by atoms with E-state index in [-0.39, 0.29) is 17.2 Å². The first-order chi connectivity index (χ1) is 5.89. The second-order valence-electron chi connectivity index (χ2n) is 2.48. The molecule has 0 fully saturated rings. The van der Waals surface area contributed by atoms with Crippen molar-refractivity contribution in [3.63, 3.8) is 0 Å². The Labute approximate surface area is 74.1 Å². The van der Waals surface area contributed by atoms with Gasteiger partial charge in [0.2, 0.25) is 9.84 Å². The summed E-state index contributed by atoms with van der Waals surface area (Å²) in [5.74, 6) is -1.09. The zero-order valence-corrected chi connectivity index (χ0v) is 7.54. The maximum atomic E-state index is 10.9. The zero-order valence-electron chi connectivity index (χ0n) is 6.72. The molecule has 13 heavy (non-hydrogen) atoms. The van der Waals surface area contributed by atoms with E-state index < -0.39 is 15.8 Å². The molecule has 6 nitrogen and oxygen atoms in total. The highest BCUT2D eigenvalue weighted by Crippen LogP contribution is 2.10. The first kappa shape index (κ1) is 9.72. The third kappa shape index (κ3) is 2.55. The number of carboxylic acid groups (broad SMARTS) is 1. The molecule has 0 amide bonds. The maximum absolute atomic E-state index is 10.9. The largest absolute Gasteiger partial charge is 0.481 e. The lowest BCUT2D eigenvalue weighted by Crippen LogP contribution is -1.99. The van der Waals surface area contributed by atoms with Crippen LogP contribution < -0.4 is 0 Å². The fourth-order valence-electron chi connectivity index (χ4n) is 0.705. The van der Waals surface area contributed by atoms with E-state index in [1.54, 1.807) is 0 Å². The van der Waals surface area contributed by atoms with Crippen LogP contribution in [-0.2, 0) is 21.1 Å². The molecule has 1 aromatic heterocycles. The highest BCUT2D eigenvalue weighted by molar-refractivity contribution is 7.90. The number of nitrogens with zero attached hydrogens (tertiary/aromatic N) is 1. The average molecular weight is 205 g/mol. The Hall–Kier alpha value is -1.37. The molecule has 1 heterocycles. The minimum absolute atomic E-state index is 0.0907. The molecule has 0 bridgehead atoms. The van der Waals surface area contributed by atoms with Crippen LogP contribution in [0.2, 0.25) is 0 Å². The molecule has 0 saturated carbocycles. The van der Waals surface area contributed by atoms with Crippen LogP contribution in [0.25, 0.3) is 0 Å². The Balaban J connectivity index is 2.94. The van der Waals surface area contributed by atoms with Crippen LogP contribution in [0, 0.1) is 0 Å². The van der Waals surface area contributed by atoms with Crippen molar-refractivity contribution in [2.75, 3.05) is 6.26 Å². The fourth-order valence-corrected chi connectivity index (χ4v) is 1.23. The minimum atomic E-state index is -3.44. The average Bonchev–Trinajstić information content (AvgIpc) is 2.32. The Morgan fingerprint density at radius 2 is 2.31 bits per heavy atom. The Morgan fingerprint density at radius 3 is 2.69 bits per heavy atom. The highest BCUT2D eigenvalue weighted by atomic mass is 32.2. The van der Waals surface area contributed by atoms with Crippen LogP contribution in [-0.4, -0.2) is 30.9 Å². The van der Waals surface area contributed by atoms with Gasteiger partial charge in [0.1, 0.15) is 0 Å². The third-order valence-corrected chi connectivity index (χ3v) is 2.16. The summed E-state index contributed by atoms with van der Waals surface area (Å²) in [6.45, 7) is 0. The van der Waals surface area contributed by atoms with E-state index in [0.717, 1.165) is 12.3 Å². The molecule has 0 aliphatic carbocycles.